The number of ether oxygens (including phenoxy) is 1. The van der Waals surface area contributed by atoms with Crippen LogP contribution in [0.1, 0.15) is 18.9 Å². The van der Waals surface area contributed by atoms with Crippen LogP contribution in [0.4, 0.5) is 0 Å². The molecule has 0 unspecified atom stereocenters. The number of hydrogen-bond donors (Lipinski definition) is 1. The van der Waals surface area contributed by atoms with Crippen LogP contribution in [0, 0.1) is 0 Å². The molecule has 2 aromatic rings. The van der Waals surface area contributed by atoms with Crippen molar-refractivity contribution in [2.24, 2.45) is 0 Å². The summed E-state index contributed by atoms with van der Waals surface area (Å²) in [6, 6.07) is 12.0. The van der Waals surface area contributed by atoms with Crippen molar-refractivity contribution in [1.29, 1.82) is 0 Å². The molecule has 0 saturated carbocycles. The van der Waals surface area contributed by atoms with E-state index < -0.39 is 0 Å². The van der Waals surface area contributed by atoms with Crippen LogP contribution in [0.5, 0.6) is 11.6 Å². The van der Waals surface area contributed by atoms with Crippen LogP contribution in [0.15, 0.2) is 47.5 Å². The predicted octanol–water partition coefficient (Wildman–Crippen LogP) is 4.10. The van der Waals surface area contributed by atoms with Crippen LogP contribution >= 0.6 is 11.8 Å². The molecule has 0 atom stereocenters. The molecule has 1 N–H and O–H groups in total. The van der Waals surface area contributed by atoms with E-state index in [1.807, 2.05) is 36.6 Å². The molecule has 20 heavy (non-hydrogen) atoms. The van der Waals surface area contributed by atoms with Crippen molar-refractivity contribution in [3.8, 4) is 11.6 Å². The molecule has 1 heterocycles. The van der Waals surface area contributed by atoms with E-state index in [-0.39, 0.29) is 0 Å². The number of aromatic nitrogens is 1. The fourth-order valence-corrected chi connectivity index (χ4v) is 2.38. The third kappa shape index (κ3) is 3.99. The average Bonchev–Trinajstić information content (AvgIpc) is 2.50. The quantitative estimate of drug-likeness (QED) is 0.614. The van der Waals surface area contributed by atoms with Crippen molar-refractivity contribution in [3.05, 3.63) is 48.2 Å². The fraction of sp³-hybridized carbons (Fsp3) is 0.312. The first-order valence-electron chi connectivity index (χ1n) is 6.80. The van der Waals surface area contributed by atoms with E-state index >= 15 is 0 Å². The zero-order valence-electron chi connectivity index (χ0n) is 11.9. The molecule has 3 nitrogen and oxygen atoms in total. The highest BCUT2D eigenvalue weighted by Crippen LogP contribution is 2.31. The molecule has 0 aliphatic heterocycles. The van der Waals surface area contributed by atoms with Gasteiger partial charge in [0.15, 0.2) is 0 Å². The Bertz CT molecular complexity index is 546. The summed E-state index contributed by atoms with van der Waals surface area (Å²) in [6.45, 7) is 3.93. The zero-order chi connectivity index (χ0) is 14.2. The van der Waals surface area contributed by atoms with Gasteiger partial charge in [0.25, 0.3) is 0 Å². The summed E-state index contributed by atoms with van der Waals surface area (Å²) in [6.07, 6.45) is 4.93. The Kier molecular flexibility index (Phi) is 5.89. The number of para-hydroxylation sites is 1. The van der Waals surface area contributed by atoms with E-state index in [1.54, 1.807) is 18.0 Å². The van der Waals surface area contributed by atoms with Crippen molar-refractivity contribution >= 4 is 11.8 Å². The Morgan fingerprint density at radius 1 is 1.20 bits per heavy atom. The lowest BCUT2D eigenvalue weighted by Crippen LogP contribution is -2.14. The maximum Gasteiger partial charge on any atom is 0.223 e. The van der Waals surface area contributed by atoms with Gasteiger partial charge in [-0.05, 0) is 37.4 Å². The minimum atomic E-state index is 0.678. The topological polar surface area (TPSA) is 34.2 Å². The maximum absolute atomic E-state index is 5.99. The zero-order valence-corrected chi connectivity index (χ0v) is 12.7. The molecule has 0 aliphatic carbocycles. The number of nitrogens with one attached hydrogen (secondary N) is 1. The molecular formula is C16H20N2OS. The van der Waals surface area contributed by atoms with Crippen LogP contribution in [0.3, 0.4) is 0 Å². The molecule has 0 radical (unpaired) electrons. The van der Waals surface area contributed by atoms with Gasteiger partial charge >= 0.3 is 0 Å². The van der Waals surface area contributed by atoms with Crippen molar-refractivity contribution in [2.75, 3.05) is 12.8 Å². The van der Waals surface area contributed by atoms with E-state index in [4.69, 9.17) is 4.74 Å². The van der Waals surface area contributed by atoms with Gasteiger partial charge < -0.3 is 10.1 Å². The van der Waals surface area contributed by atoms with Crippen LogP contribution in [0.2, 0.25) is 0 Å². The van der Waals surface area contributed by atoms with Crippen LogP contribution < -0.4 is 10.1 Å². The molecule has 4 heteroatoms. The third-order valence-electron chi connectivity index (χ3n) is 2.87. The molecule has 0 aliphatic rings. The van der Waals surface area contributed by atoms with E-state index in [0.717, 1.165) is 35.7 Å². The maximum atomic E-state index is 5.99. The first kappa shape index (κ1) is 14.9. The molecule has 0 fully saturated rings. The molecule has 0 saturated heterocycles. The SMILES string of the molecule is CCCNCc1cccnc1Oc1ccccc1SC. The number of pyridine rings is 1. The molecule has 0 bridgehead atoms. The minimum absolute atomic E-state index is 0.678. The van der Waals surface area contributed by atoms with Gasteiger partial charge in [0.1, 0.15) is 5.75 Å². The molecule has 0 spiro atoms. The monoisotopic (exact) mass is 288 g/mol. The summed E-state index contributed by atoms with van der Waals surface area (Å²) < 4.78 is 5.99. The molecule has 106 valence electrons. The molecule has 2 rings (SSSR count). The van der Waals surface area contributed by atoms with Gasteiger partial charge in [-0.2, -0.15) is 0 Å². The first-order chi connectivity index (χ1) is 9.85. The average molecular weight is 288 g/mol. The van der Waals surface area contributed by atoms with E-state index in [1.165, 1.54) is 0 Å². The van der Waals surface area contributed by atoms with Crippen LogP contribution in [-0.4, -0.2) is 17.8 Å². The van der Waals surface area contributed by atoms with Crippen molar-refractivity contribution < 1.29 is 4.74 Å². The summed E-state index contributed by atoms with van der Waals surface area (Å²) >= 11 is 1.67. The highest BCUT2D eigenvalue weighted by atomic mass is 32.2. The molecule has 0 amide bonds. The van der Waals surface area contributed by atoms with Gasteiger partial charge in [-0.3, -0.25) is 0 Å². The number of thioether (sulfide) groups is 1. The Morgan fingerprint density at radius 2 is 2.05 bits per heavy atom. The third-order valence-corrected chi connectivity index (χ3v) is 3.64. The Hall–Kier alpha value is -1.52. The second kappa shape index (κ2) is 7.92. The van der Waals surface area contributed by atoms with Gasteiger partial charge in [0, 0.05) is 23.2 Å². The highest BCUT2D eigenvalue weighted by molar-refractivity contribution is 7.98. The molecule has 1 aromatic heterocycles. The molecular weight excluding hydrogens is 268 g/mol. The number of benzene rings is 1. The second-order valence-electron chi connectivity index (χ2n) is 4.40. The summed E-state index contributed by atoms with van der Waals surface area (Å²) in [7, 11) is 0. The number of rotatable bonds is 7. The normalized spacial score (nSPS) is 10.5. The van der Waals surface area contributed by atoms with Gasteiger partial charge in [-0.1, -0.05) is 25.1 Å². The second-order valence-corrected chi connectivity index (χ2v) is 5.25. The van der Waals surface area contributed by atoms with Crippen LogP contribution in [0.25, 0.3) is 0 Å². The minimum Gasteiger partial charge on any atom is -0.438 e. The number of hydrogen-bond acceptors (Lipinski definition) is 4. The van der Waals surface area contributed by atoms with E-state index in [0.29, 0.717) is 5.88 Å². The van der Waals surface area contributed by atoms with Gasteiger partial charge in [0.2, 0.25) is 5.88 Å². The highest BCUT2D eigenvalue weighted by Gasteiger charge is 2.08. The predicted molar refractivity (Wildman–Crippen MR) is 84.5 cm³/mol. The lowest BCUT2D eigenvalue weighted by Gasteiger charge is -2.12. The summed E-state index contributed by atoms with van der Waals surface area (Å²) in [5.41, 5.74) is 1.08. The van der Waals surface area contributed by atoms with E-state index in [2.05, 4.69) is 23.3 Å². The Morgan fingerprint density at radius 3 is 2.85 bits per heavy atom. The van der Waals surface area contributed by atoms with Crippen molar-refractivity contribution in [3.63, 3.8) is 0 Å². The fourth-order valence-electron chi connectivity index (χ4n) is 1.86. The lowest BCUT2D eigenvalue weighted by atomic mass is 10.2. The first-order valence-corrected chi connectivity index (χ1v) is 8.03. The van der Waals surface area contributed by atoms with Gasteiger partial charge in [-0.25, -0.2) is 4.98 Å². The van der Waals surface area contributed by atoms with Crippen molar-refractivity contribution in [2.45, 2.75) is 24.8 Å². The van der Waals surface area contributed by atoms with Gasteiger partial charge in [0.05, 0.1) is 0 Å². The van der Waals surface area contributed by atoms with Gasteiger partial charge in [-0.15, -0.1) is 11.8 Å². The smallest absolute Gasteiger partial charge is 0.223 e. The number of nitrogens with zero attached hydrogens (tertiary/aromatic N) is 1. The Balaban J connectivity index is 2.16. The molecule has 1 aromatic carbocycles. The largest absolute Gasteiger partial charge is 0.438 e. The lowest BCUT2D eigenvalue weighted by molar-refractivity contribution is 0.443. The van der Waals surface area contributed by atoms with Crippen molar-refractivity contribution in [1.82, 2.24) is 10.3 Å². The standard InChI is InChI=1S/C16H20N2OS/c1-3-10-17-12-13-7-6-11-18-16(13)19-14-8-4-5-9-15(14)20-2/h4-9,11,17H,3,10,12H2,1-2H3. The Labute approximate surface area is 124 Å². The summed E-state index contributed by atoms with van der Waals surface area (Å²) in [5, 5.41) is 3.38. The summed E-state index contributed by atoms with van der Waals surface area (Å²) in [4.78, 5) is 5.47. The van der Waals surface area contributed by atoms with E-state index in [9.17, 15) is 0 Å². The van der Waals surface area contributed by atoms with Crippen LogP contribution in [-0.2, 0) is 6.54 Å². The summed E-state index contributed by atoms with van der Waals surface area (Å²) in [5.74, 6) is 1.54.